The number of anilines is 1. The summed E-state index contributed by atoms with van der Waals surface area (Å²) >= 11 is 6.10. The predicted octanol–water partition coefficient (Wildman–Crippen LogP) is 6.40. The summed E-state index contributed by atoms with van der Waals surface area (Å²) in [6.45, 7) is 4.28. The van der Waals surface area contributed by atoms with Gasteiger partial charge in [-0.15, -0.1) is 0 Å². The van der Waals surface area contributed by atoms with Crippen molar-refractivity contribution in [3.63, 3.8) is 0 Å². The molecular weight excluding hydrogens is 512 g/mol. The summed E-state index contributed by atoms with van der Waals surface area (Å²) in [6.07, 6.45) is 0. The standard InChI is InChI=1S/C32H31ClN2O4/c1-38-32(37)30-14-13-27(20-31(30)39-28-7-4-5-23(19-28)22-36)35-17-15-34(16-18-35)21-25-6-2-3-8-29(25)24-9-11-26(33)12-10-24/h2-14,19-20,36H,15-18,21-22H2,1H3. The number of methoxy groups -OCH3 is 1. The van der Waals surface area contributed by atoms with Crippen molar-refractivity contribution in [2.45, 2.75) is 13.2 Å². The number of rotatable bonds is 8. The number of hydrogen-bond donors (Lipinski definition) is 1. The van der Waals surface area contributed by atoms with Crippen LogP contribution >= 0.6 is 11.6 Å². The Kier molecular flexibility index (Phi) is 8.47. The predicted molar refractivity (Wildman–Crippen MR) is 155 cm³/mol. The number of piperazine rings is 1. The molecule has 1 saturated heterocycles. The van der Waals surface area contributed by atoms with Gasteiger partial charge < -0.3 is 19.5 Å². The largest absolute Gasteiger partial charge is 0.465 e. The lowest BCUT2D eigenvalue weighted by Crippen LogP contribution is -2.46. The first kappa shape index (κ1) is 26.8. The molecule has 0 amide bonds. The third-order valence-corrected chi connectivity index (χ3v) is 7.24. The third kappa shape index (κ3) is 6.42. The molecule has 1 aliphatic heterocycles. The molecule has 0 atom stereocenters. The molecule has 39 heavy (non-hydrogen) atoms. The van der Waals surface area contributed by atoms with Gasteiger partial charge in [0, 0.05) is 49.5 Å². The van der Waals surface area contributed by atoms with Crippen molar-refractivity contribution in [3.8, 4) is 22.6 Å². The first-order chi connectivity index (χ1) is 19.0. The molecule has 5 rings (SSSR count). The van der Waals surface area contributed by atoms with E-state index in [1.54, 1.807) is 18.2 Å². The van der Waals surface area contributed by atoms with Crippen LogP contribution in [-0.2, 0) is 17.9 Å². The Morgan fingerprint density at radius 2 is 1.67 bits per heavy atom. The summed E-state index contributed by atoms with van der Waals surface area (Å²) in [6, 6.07) is 29.3. The van der Waals surface area contributed by atoms with Crippen molar-refractivity contribution in [3.05, 3.63) is 113 Å². The van der Waals surface area contributed by atoms with Crippen molar-refractivity contribution in [2.75, 3.05) is 38.2 Å². The molecule has 1 fully saturated rings. The fraction of sp³-hybridized carbons (Fsp3) is 0.219. The highest BCUT2D eigenvalue weighted by Crippen LogP contribution is 2.32. The van der Waals surface area contributed by atoms with Gasteiger partial charge in [-0.1, -0.05) is 60.1 Å². The van der Waals surface area contributed by atoms with Crippen LogP contribution in [0.15, 0.2) is 91.0 Å². The zero-order chi connectivity index (χ0) is 27.2. The van der Waals surface area contributed by atoms with E-state index in [1.807, 2.05) is 36.4 Å². The van der Waals surface area contributed by atoms with Gasteiger partial charge in [0.15, 0.2) is 0 Å². The summed E-state index contributed by atoms with van der Waals surface area (Å²) in [4.78, 5) is 17.2. The van der Waals surface area contributed by atoms with E-state index in [9.17, 15) is 9.90 Å². The first-order valence-corrected chi connectivity index (χ1v) is 13.3. The lowest BCUT2D eigenvalue weighted by molar-refractivity contribution is 0.0598. The minimum atomic E-state index is -0.459. The Morgan fingerprint density at radius 3 is 2.41 bits per heavy atom. The Labute approximate surface area is 234 Å². The SMILES string of the molecule is COC(=O)c1ccc(N2CCN(Cc3ccccc3-c3ccc(Cl)cc3)CC2)cc1Oc1cccc(CO)c1. The fourth-order valence-corrected chi connectivity index (χ4v) is 5.01. The highest BCUT2D eigenvalue weighted by molar-refractivity contribution is 6.30. The molecule has 0 bridgehead atoms. The van der Waals surface area contributed by atoms with E-state index >= 15 is 0 Å². The quantitative estimate of drug-likeness (QED) is 0.260. The van der Waals surface area contributed by atoms with E-state index in [2.05, 4.69) is 46.2 Å². The number of ether oxygens (including phenoxy) is 2. The van der Waals surface area contributed by atoms with Crippen LogP contribution in [0, 0.1) is 0 Å². The summed E-state index contributed by atoms with van der Waals surface area (Å²) in [5.74, 6) is 0.515. The minimum absolute atomic E-state index is 0.0877. The Hall–Kier alpha value is -3.84. The highest BCUT2D eigenvalue weighted by atomic mass is 35.5. The zero-order valence-corrected chi connectivity index (χ0v) is 22.6. The molecule has 4 aromatic carbocycles. The number of nitrogens with zero attached hydrogens (tertiary/aromatic N) is 2. The first-order valence-electron chi connectivity index (χ1n) is 12.9. The summed E-state index contributed by atoms with van der Waals surface area (Å²) in [7, 11) is 1.36. The van der Waals surface area contributed by atoms with E-state index in [0.717, 1.165) is 54.6 Å². The Morgan fingerprint density at radius 1 is 0.897 bits per heavy atom. The highest BCUT2D eigenvalue weighted by Gasteiger charge is 2.21. The normalized spacial score (nSPS) is 13.8. The maximum atomic E-state index is 12.4. The van der Waals surface area contributed by atoms with Crippen LogP contribution in [-0.4, -0.2) is 49.3 Å². The second-order valence-corrected chi connectivity index (χ2v) is 9.94. The smallest absolute Gasteiger partial charge is 0.341 e. The lowest BCUT2D eigenvalue weighted by atomic mass is 9.99. The van der Waals surface area contributed by atoms with Gasteiger partial charge >= 0.3 is 5.97 Å². The van der Waals surface area contributed by atoms with Crippen LogP contribution < -0.4 is 9.64 Å². The van der Waals surface area contributed by atoms with Crippen LogP contribution in [0.3, 0.4) is 0 Å². The van der Waals surface area contributed by atoms with Crippen molar-refractivity contribution < 1.29 is 19.4 Å². The molecule has 1 aliphatic rings. The van der Waals surface area contributed by atoms with Crippen LogP contribution in [0.2, 0.25) is 5.02 Å². The van der Waals surface area contributed by atoms with Crippen molar-refractivity contribution in [1.82, 2.24) is 4.90 Å². The van der Waals surface area contributed by atoms with Gasteiger partial charge in [-0.2, -0.15) is 0 Å². The average Bonchev–Trinajstić information content (AvgIpc) is 2.98. The number of hydrogen-bond acceptors (Lipinski definition) is 6. The third-order valence-electron chi connectivity index (χ3n) is 6.98. The summed E-state index contributed by atoms with van der Waals surface area (Å²) < 4.78 is 11.1. The second kappa shape index (κ2) is 12.3. The van der Waals surface area contributed by atoms with Gasteiger partial charge in [-0.25, -0.2) is 4.79 Å². The van der Waals surface area contributed by atoms with Crippen LogP contribution in [0.4, 0.5) is 5.69 Å². The lowest BCUT2D eigenvalue weighted by Gasteiger charge is -2.36. The minimum Gasteiger partial charge on any atom is -0.465 e. The molecular formula is C32H31ClN2O4. The molecule has 1 N–H and O–H groups in total. The number of benzene rings is 4. The van der Waals surface area contributed by atoms with Gasteiger partial charge in [-0.3, -0.25) is 4.90 Å². The summed E-state index contributed by atoms with van der Waals surface area (Å²) in [5, 5.41) is 10.2. The second-order valence-electron chi connectivity index (χ2n) is 9.51. The number of aliphatic hydroxyl groups is 1. The van der Waals surface area contributed by atoms with E-state index in [1.165, 1.54) is 18.2 Å². The molecule has 6 nitrogen and oxygen atoms in total. The molecule has 7 heteroatoms. The molecule has 4 aromatic rings. The zero-order valence-electron chi connectivity index (χ0n) is 21.8. The molecule has 0 aromatic heterocycles. The molecule has 200 valence electrons. The number of halogens is 1. The number of aliphatic hydroxyl groups excluding tert-OH is 1. The monoisotopic (exact) mass is 542 g/mol. The number of carbonyl (C=O) groups is 1. The maximum Gasteiger partial charge on any atom is 0.341 e. The topological polar surface area (TPSA) is 62.2 Å². The van der Waals surface area contributed by atoms with Gasteiger partial charge in [0.25, 0.3) is 0 Å². The number of carbonyl (C=O) groups excluding carboxylic acids is 1. The van der Waals surface area contributed by atoms with Crippen molar-refractivity contribution in [2.24, 2.45) is 0 Å². The van der Waals surface area contributed by atoms with E-state index < -0.39 is 5.97 Å². The van der Waals surface area contributed by atoms with Gasteiger partial charge in [-0.05, 0) is 58.7 Å². The van der Waals surface area contributed by atoms with Crippen molar-refractivity contribution in [1.29, 1.82) is 0 Å². The fourth-order valence-electron chi connectivity index (χ4n) is 4.88. The molecule has 0 saturated carbocycles. The Balaban J connectivity index is 1.29. The van der Waals surface area contributed by atoms with E-state index in [-0.39, 0.29) is 6.61 Å². The van der Waals surface area contributed by atoms with Gasteiger partial charge in [0.1, 0.15) is 17.1 Å². The van der Waals surface area contributed by atoms with Gasteiger partial charge in [0.05, 0.1) is 13.7 Å². The van der Waals surface area contributed by atoms with Gasteiger partial charge in [0.2, 0.25) is 0 Å². The maximum absolute atomic E-state index is 12.4. The van der Waals surface area contributed by atoms with E-state index in [4.69, 9.17) is 21.1 Å². The average molecular weight is 543 g/mol. The van der Waals surface area contributed by atoms with Crippen LogP contribution in [0.25, 0.3) is 11.1 Å². The van der Waals surface area contributed by atoms with Crippen LogP contribution in [0.5, 0.6) is 11.5 Å². The molecule has 0 aliphatic carbocycles. The van der Waals surface area contributed by atoms with Crippen LogP contribution in [0.1, 0.15) is 21.5 Å². The molecule has 0 spiro atoms. The van der Waals surface area contributed by atoms with Crippen molar-refractivity contribution >= 4 is 23.3 Å². The van der Waals surface area contributed by atoms with E-state index in [0.29, 0.717) is 17.1 Å². The molecule has 0 radical (unpaired) electrons. The molecule has 0 unspecified atom stereocenters. The summed E-state index contributed by atoms with van der Waals surface area (Å²) in [5.41, 5.74) is 5.75. The number of esters is 1. The molecule has 1 heterocycles. The Bertz CT molecular complexity index is 1430.